The Bertz CT molecular complexity index is 1570. The summed E-state index contributed by atoms with van der Waals surface area (Å²) >= 11 is 0. The zero-order chi connectivity index (χ0) is 23.2. The van der Waals surface area contributed by atoms with Crippen LogP contribution in [0.2, 0.25) is 0 Å². The Morgan fingerprint density at radius 3 is 2.24 bits per heavy atom. The van der Waals surface area contributed by atoms with Crippen molar-refractivity contribution in [3.8, 4) is 0 Å². The highest BCUT2D eigenvalue weighted by atomic mass is 16.5. The fourth-order valence-corrected chi connectivity index (χ4v) is 5.89. The van der Waals surface area contributed by atoms with Crippen molar-refractivity contribution in [1.82, 2.24) is 0 Å². The first kappa shape index (κ1) is 20.9. The van der Waals surface area contributed by atoms with E-state index in [1.54, 1.807) is 0 Å². The summed E-state index contributed by atoms with van der Waals surface area (Å²) in [7, 11) is 1.32. The molecular formula is C31H26O3. The van der Waals surface area contributed by atoms with E-state index in [9.17, 15) is 9.90 Å². The molecule has 34 heavy (non-hydrogen) atoms. The van der Waals surface area contributed by atoms with Gasteiger partial charge in [0, 0.05) is 11.5 Å². The monoisotopic (exact) mass is 446 g/mol. The molecule has 0 aliphatic heterocycles. The summed E-state index contributed by atoms with van der Waals surface area (Å²) in [5.41, 5.74) is 4.35. The lowest BCUT2D eigenvalue weighted by Gasteiger charge is -2.30. The predicted octanol–water partition coefficient (Wildman–Crippen LogP) is 6.82. The number of hydrogen-bond donors (Lipinski definition) is 1. The quantitative estimate of drug-likeness (QED) is 0.244. The molecular weight excluding hydrogens is 420 g/mol. The fraction of sp³-hybridized carbons (Fsp3) is 0.194. The first-order valence-electron chi connectivity index (χ1n) is 11.9. The number of aliphatic hydroxyl groups is 1. The smallest absolute Gasteiger partial charge is 0.339 e. The second-order valence-corrected chi connectivity index (χ2v) is 9.18. The molecule has 0 heterocycles. The normalized spacial score (nSPS) is 16.5. The fourth-order valence-electron chi connectivity index (χ4n) is 5.89. The molecule has 1 N–H and O–H groups in total. The maximum Gasteiger partial charge on any atom is 0.339 e. The van der Waals surface area contributed by atoms with Crippen molar-refractivity contribution in [2.45, 2.75) is 31.3 Å². The van der Waals surface area contributed by atoms with Gasteiger partial charge in [-0.25, -0.2) is 4.79 Å². The van der Waals surface area contributed by atoms with Gasteiger partial charge in [0.05, 0.1) is 7.11 Å². The molecule has 3 heteroatoms. The highest BCUT2D eigenvalue weighted by Gasteiger charge is 2.30. The van der Waals surface area contributed by atoms with Crippen LogP contribution in [-0.4, -0.2) is 18.2 Å². The molecule has 5 aromatic rings. The van der Waals surface area contributed by atoms with E-state index in [1.165, 1.54) is 39.8 Å². The van der Waals surface area contributed by atoms with Gasteiger partial charge in [-0.05, 0) is 68.3 Å². The average molecular weight is 447 g/mol. The number of carbonyl (C=O) groups excluding carboxylic acids is 1. The minimum Gasteiger partial charge on any atom is -0.467 e. The lowest BCUT2D eigenvalue weighted by atomic mass is 9.74. The third-order valence-corrected chi connectivity index (χ3v) is 7.45. The molecule has 0 spiro atoms. The molecule has 0 fully saturated rings. The molecule has 3 nitrogen and oxygen atoms in total. The summed E-state index contributed by atoms with van der Waals surface area (Å²) in [5, 5.41) is 18.1. The Morgan fingerprint density at radius 2 is 1.44 bits per heavy atom. The Hall–Kier alpha value is -3.69. The van der Waals surface area contributed by atoms with Gasteiger partial charge in [0.2, 0.25) is 0 Å². The zero-order valence-corrected chi connectivity index (χ0v) is 19.1. The largest absolute Gasteiger partial charge is 0.467 e. The number of hydrogen-bond acceptors (Lipinski definition) is 3. The molecule has 0 radical (unpaired) electrons. The van der Waals surface area contributed by atoms with Gasteiger partial charge < -0.3 is 9.84 Å². The van der Waals surface area contributed by atoms with E-state index < -0.39 is 12.1 Å². The molecule has 168 valence electrons. The topological polar surface area (TPSA) is 46.5 Å². The molecule has 5 aromatic carbocycles. The van der Waals surface area contributed by atoms with Crippen molar-refractivity contribution in [2.75, 3.05) is 7.11 Å². The number of aryl methyl sites for hydroxylation is 1. The van der Waals surface area contributed by atoms with Crippen LogP contribution in [-0.2, 0) is 16.0 Å². The number of esters is 1. The second-order valence-electron chi connectivity index (χ2n) is 9.18. The highest BCUT2D eigenvalue weighted by Crippen LogP contribution is 2.44. The predicted molar refractivity (Wildman–Crippen MR) is 137 cm³/mol. The second kappa shape index (κ2) is 8.27. The number of fused-ring (bicyclic) bond motifs is 6. The van der Waals surface area contributed by atoms with E-state index in [-0.39, 0.29) is 5.92 Å². The van der Waals surface area contributed by atoms with Crippen LogP contribution in [0.3, 0.4) is 0 Å². The molecule has 1 aliphatic carbocycles. The zero-order valence-electron chi connectivity index (χ0n) is 19.1. The molecule has 2 unspecified atom stereocenters. The van der Waals surface area contributed by atoms with E-state index in [0.717, 1.165) is 35.6 Å². The van der Waals surface area contributed by atoms with Crippen LogP contribution in [0.15, 0.2) is 84.9 Å². The third kappa shape index (κ3) is 3.19. The molecule has 0 amide bonds. The van der Waals surface area contributed by atoms with Crippen LogP contribution in [0.25, 0.3) is 32.3 Å². The highest BCUT2D eigenvalue weighted by molar-refractivity contribution is 6.09. The minimum atomic E-state index is -1.32. The SMILES string of the molecule is COC(=O)C(O)c1c(C2CCCc3c2ccc2c3ccc3ccccc32)ccc2ccccc12. The van der Waals surface area contributed by atoms with E-state index in [2.05, 4.69) is 60.7 Å². The van der Waals surface area contributed by atoms with Crippen molar-refractivity contribution in [3.05, 3.63) is 107 Å². The molecule has 2 atom stereocenters. The number of rotatable bonds is 3. The van der Waals surface area contributed by atoms with E-state index >= 15 is 0 Å². The third-order valence-electron chi connectivity index (χ3n) is 7.45. The first-order chi connectivity index (χ1) is 16.7. The van der Waals surface area contributed by atoms with Crippen molar-refractivity contribution in [1.29, 1.82) is 0 Å². The van der Waals surface area contributed by atoms with Crippen molar-refractivity contribution in [2.24, 2.45) is 0 Å². The summed E-state index contributed by atoms with van der Waals surface area (Å²) in [6, 6.07) is 29.6. The van der Waals surface area contributed by atoms with Gasteiger partial charge in [-0.3, -0.25) is 0 Å². The molecule has 1 aliphatic rings. The lowest BCUT2D eigenvalue weighted by molar-refractivity contribution is -0.150. The molecule has 0 bridgehead atoms. The lowest BCUT2D eigenvalue weighted by Crippen LogP contribution is -2.19. The van der Waals surface area contributed by atoms with Crippen LogP contribution in [0, 0.1) is 0 Å². The maximum absolute atomic E-state index is 12.5. The molecule has 0 saturated carbocycles. The number of carbonyl (C=O) groups is 1. The first-order valence-corrected chi connectivity index (χ1v) is 11.9. The standard InChI is InChI=1S/C31H26O3/c1-34-31(33)30(32)29-22-10-5-3-8-20(22)14-16-28(29)24-12-6-11-23-26-15-13-19-7-2-4-9-21(19)25(26)17-18-27(23)24/h2-5,7-10,13-18,24,30,32H,6,11-12H2,1H3. The van der Waals surface area contributed by atoms with Gasteiger partial charge >= 0.3 is 5.97 Å². The van der Waals surface area contributed by atoms with Crippen LogP contribution >= 0.6 is 0 Å². The van der Waals surface area contributed by atoms with E-state index in [0.29, 0.717) is 5.56 Å². The molecule has 6 rings (SSSR count). The Balaban J connectivity index is 1.59. The summed E-state index contributed by atoms with van der Waals surface area (Å²) in [5.74, 6) is -0.517. The van der Waals surface area contributed by atoms with E-state index in [1.807, 2.05) is 24.3 Å². The molecule has 0 saturated heterocycles. The summed E-state index contributed by atoms with van der Waals surface area (Å²) in [4.78, 5) is 12.5. The van der Waals surface area contributed by atoms with Crippen LogP contribution in [0.4, 0.5) is 0 Å². The number of ether oxygens (including phenoxy) is 1. The Morgan fingerprint density at radius 1 is 0.794 bits per heavy atom. The van der Waals surface area contributed by atoms with Gasteiger partial charge in [-0.1, -0.05) is 84.9 Å². The number of aliphatic hydroxyl groups excluding tert-OH is 1. The number of benzene rings is 5. The van der Waals surface area contributed by atoms with Gasteiger partial charge in [0.25, 0.3) is 0 Å². The van der Waals surface area contributed by atoms with Crippen molar-refractivity contribution in [3.63, 3.8) is 0 Å². The summed E-state index contributed by atoms with van der Waals surface area (Å²) in [6.07, 6.45) is 1.75. The maximum atomic E-state index is 12.5. The average Bonchev–Trinajstić information content (AvgIpc) is 2.90. The van der Waals surface area contributed by atoms with Gasteiger partial charge in [-0.2, -0.15) is 0 Å². The van der Waals surface area contributed by atoms with Crippen LogP contribution in [0.1, 0.15) is 47.1 Å². The Kier molecular flexibility index (Phi) is 5.08. The van der Waals surface area contributed by atoms with Gasteiger partial charge in [-0.15, -0.1) is 0 Å². The van der Waals surface area contributed by atoms with E-state index in [4.69, 9.17) is 4.74 Å². The minimum absolute atomic E-state index is 0.110. The summed E-state index contributed by atoms with van der Waals surface area (Å²) < 4.78 is 4.94. The number of methoxy groups -OCH3 is 1. The van der Waals surface area contributed by atoms with Gasteiger partial charge in [0.15, 0.2) is 6.10 Å². The Labute approximate surface area is 198 Å². The van der Waals surface area contributed by atoms with Crippen LogP contribution < -0.4 is 0 Å². The van der Waals surface area contributed by atoms with Crippen molar-refractivity contribution >= 4 is 38.3 Å². The van der Waals surface area contributed by atoms with Gasteiger partial charge in [0.1, 0.15) is 0 Å². The molecule has 0 aromatic heterocycles. The summed E-state index contributed by atoms with van der Waals surface area (Å²) in [6.45, 7) is 0. The van der Waals surface area contributed by atoms with Crippen molar-refractivity contribution < 1.29 is 14.6 Å². The van der Waals surface area contributed by atoms with Crippen LogP contribution in [0.5, 0.6) is 0 Å².